The third-order valence-electron chi connectivity index (χ3n) is 5.35. The summed E-state index contributed by atoms with van der Waals surface area (Å²) in [4.78, 5) is 33.3. The molecule has 1 aliphatic heterocycles. The molecule has 8 heteroatoms. The van der Waals surface area contributed by atoms with Gasteiger partial charge in [0.2, 0.25) is 0 Å². The summed E-state index contributed by atoms with van der Waals surface area (Å²) >= 11 is 0. The molecule has 4 aromatic rings. The predicted octanol–water partition coefficient (Wildman–Crippen LogP) is 4.61. The van der Waals surface area contributed by atoms with Crippen LogP contribution in [0.25, 0.3) is 23.0 Å². The maximum Gasteiger partial charge on any atom is 0.256 e. The van der Waals surface area contributed by atoms with Gasteiger partial charge in [-0.15, -0.1) is 0 Å². The maximum atomic E-state index is 13.7. The number of aryl methyl sites for hydroxylation is 1. The zero-order chi connectivity index (χ0) is 23.7. The van der Waals surface area contributed by atoms with Crippen LogP contribution in [-0.2, 0) is 11.3 Å². The smallest absolute Gasteiger partial charge is 0.256 e. The standard InChI is InChI=1S/C26H19FN4O3/c1-15-12-29-19(13-28-15)14-30-25(32)17-4-2-3-16(9-17)24-8-6-20(34-24)11-22-21-10-18(27)5-7-23(21)31-26(22)33/h2-13H,14H2,1H3,(H,30,32)(H,31,33)/b22-11+. The van der Waals surface area contributed by atoms with E-state index in [1.54, 1.807) is 48.8 Å². The number of fused-ring (bicyclic) bond motifs is 1. The second-order valence-corrected chi connectivity index (χ2v) is 7.82. The van der Waals surface area contributed by atoms with Crippen LogP contribution in [0.4, 0.5) is 10.1 Å². The molecule has 0 unspecified atom stereocenters. The van der Waals surface area contributed by atoms with E-state index < -0.39 is 5.82 Å². The van der Waals surface area contributed by atoms with Gasteiger partial charge in [-0.1, -0.05) is 12.1 Å². The molecule has 34 heavy (non-hydrogen) atoms. The van der Waals surface area contributed by atoms with Crippen molar-refractivity contribution in [1.82, 2.24) is 15.3 Å². The Morgan fingerprint density at radius 3 is 2.82 bits per heavy atom. The van der Waals surface area contributed by atoms with Crippen LogP contribution in [0.15, 0.2) is 71.4 Å². The third kappa shape index (κ3) is 4.33. The molecule has 0 aliphatic carbocycles. The second kappa shape index (κ2) is 8.74. The average molecular weight is 454 g/mol. The largest absolute Gasteiger partial charge is 0.457 e. The summed E-state index contributed by atoms with van der Waals surface area (Å²) < 4.78 is 19.6. The lowest BCUT2D eigenvalue weighted by Gasteiger charge is -2.06. The highest BCUT2D eigenvalue weighted by Gasteiger charge is 2.25. The normalized spacial score (nSPS) is 13.6. The van der Waals surface area contributed by atoms with Crippen LogP contribution in [0, 0.1) is 12.7 Å². The molecule has 3 heterocycles. The number of nitrogens with one attached hydrogen (secondary N) is 2. The van der Waals surface area contributed by atoms with E-state index in [1.165, 1.54) is 18.2 Å². The number of carbonyl (C=O) groups is 2. The molecule has 2 N–H and O–H groups in total. The average Bonchev–Trinajstić information content (AvgIpc) is 3.43. The molecule has 2 aromatic heterocycles. The van der Waals surface area contributed by atoms with E-state index in [1.807, 2.05) is 13.0 Å². The molecule has 168 valence electrons. The van der Waals surface area contributed by atoms with Crippen molar-refractivity contribution in [3.05, 3.63) is 101 Å². The first-order chi connectivity index (χ1) is 16.5. The van der Waals surface area contributed by atoms with E-state index in [0.29, 0.717) is 45.2 Å². The number of carbonyl (C=O) groups excluding carboxylic acids is 2. The quantitative estimate of drug-likeness (QED) is 0.430. The Morgan fingerprint density at radius 2 is 2.00 bits per heavy atom. The van der Waals surface area contributed by atoms with Gasteiger partial charge in [-0.05, 0) is 55.5 Å². The van der Waals surface area contributed by atoms with Crippen LogP contribution in [0.2, 0.25) is 0 Å². The lowest BCUT2D eigenvalue weighted by molar-refractivity contribution is -0.110. The molecule has 0 saturated heterocycles. The lowest BCUT2D eigenvalue weighted by Crippen LogP contribution is -2.23. The minimum atomic E-state index is -0.425. The highest BCUT2D eigenvalue weighted by molar-refractivity contribution is 6.34. The zero-order valence-corrected chi connectivity index (χ0v) is 18.1. The maximum absolute atomic E-state index is 13.7. The van der Waals surface area contributed by atoms with E-state index in [0.717, 1.165) is 5.69 Å². The van der Waals surface area contributed by atoms with Crippen LogP contribution >= 0.6 is 0 Å². The van der Waals surface area contributed by atoms with Crippen molar-refractivity contribution >= 4 is 29.2 Å². The third-order valence-corrected chi connectivity index (χ3v) is 5.35. The number of amides is 2. The van der Waals surface area contributed by atoms with Crippen molar-refractivity contribution in [3.63, 3.8) is 0 Å². The highest BCUT2D eigenvalue weighted by atomic mass is 19.1. The minimum absolute atomic E-state index is 0.251. The van der Waals surface area contributed by atoms with E-state index in [-0.39, 0.29) is 18.4 Å². The number of hydrogen-bond acceptors (Lipinski definition) is 5. The first-order valence-corrected chi connectivity index (χ1v) is 10.6. The van der Waals surface area contributed by atoms with E-state index in [2.05, 4.69) is 20.6 Å². The van der Waals surface area contributed by atoms with Gasteiger partial charge in [-0.2, -0.15) is 0 Å². The molecule has 0 fully saturated rings. The van der Waals surface area contributed by atoms with Crippen LogP contribution in [0.5, 0.6) is 0 Å². The Balaban J connectivity index is 1.34. The van der Waals surface area contributed by atoms with Gasteiger partial charge in [-0.25, -0.2) is 4.39 Å². The van der Waals surface area contributed by atoms with E-state index in [9.17, 15) is 14.0 Å². The van der Waals surface area contributed by atoms with Gasteiger partial charge in [0.25, 0.3) is 11.8 Å². The van der Waals surface area contributed by atoms with Crippen molar-refractivity contribution in [2.75, 3.05) is 5.32 Å². The molecule has 0 bridgehead atoms. The first kappa shape index (κ1) is 21.3. The summed E-state index contributed by atoms with van der Waals surface area (Å²) in [6.45, 7) is 2.11. The molecule has 5 rings (SSSR count). The van der Waals surface area contributed by atoms with Gasteiger partial charge >= 0.3 is 0 Å². The zero-order valence-electron chi connectivity index (χ0n) is 18.1. The number of hydrogen-bond donors (Lipinski definition) is 2. The van der Waals surface area contributed by atoms with Gasteiger partial charge in [0.15, 0.2) is 0 Å². The number of aromatic nitrogens is 2. The Morgan fingerprint density at radius 1 is 1.12 bits per heavy atom. The number of nitrogens with zero attached hydrogens (tertiary/aromatic N) is 2. The molecule has 0 radical (unpaired) electrons. The number of rotatable bonds is 5. The molecule has 0 atom stereocenters. The molecule has 2 aromatic carbocycles. The summed E-state index contributed by atoms with van der Waals surface area (Å²) in [5.74, 6) is -0.0329. The second-order valence-electron chi connectivity index (χ2n) is 7.82. The Labute approximate surface area is 194 Å². The summed E-state index contributed by atoms with van der Waals surface area (Å²) in [5.41, 5.74) is 4.00. The van der Waals surface area contributed by atoms with Crippen LogP contribution < -0.4 is 10.6 Å². The summed E-state index contributed by atoms with van der Waals surface area (Å²) in [7, 11) is 0. The van der Waals surface area contributed by atoms with Crippen LogP contribution in [0.3, 0.4) is 0 Å². The van der Waals surface area contributed by atoms with Crippen LogP contribution in [-0.4, -0.2) is 21.8 Å². The van der Waals surface area contributed by atoms with Gasteiger partial charge < -0.3 is 15.1 Å². The first-order valence-electron chi connectivity index (χ1n) is 10.6. The fraction of sp³-hybridized carbons (Fsp3) is 0.0769. The lowest BCUT2D eigenvalue weighted by atomic mass is 10.1. The number of furan rings is 1. The van der Waals surface area contributed by atoms with E-state index >= 15 is 0 Å². The number of benzene rings is 2. The Bertz CT molecular complexity index is 1440. The van der Waals surface area contributed by atoms with E-state index in [4.69, 9.17) is 4.42 Å². The van der Waals surface area contributed by atoms with Gasteiger partial charge in [-0.3, -0.25) is 19.6 Å². The number of halogens is 1. The molecule has 2 amide bonds. The fourth-order valence-electron chi connectivity index (χ4n) is 3.63. The van der Waals surface area contributed by atoms with Crippen molar-refractivity contribution in [1.29, 1.82) is 0 Å². The fourth-order valence-corrected chi connectivity index (χ4v) is 3.63. The summed E-state index contributed by atoms with van der Waals surface area (Å²) in [6, 6.07) is 14.6. The van der Waals surface area contributed by atoms with Crippen molar-refractivity contribution < 1.29 is 18.4 Å². The number of anilines is 1. The molecular weight excluding hydrogens is 435 g/mol. The molecule has 0 saturated carbocycles. The van der Waals surface area contributed by atoms with Crippen molar-refractivity contribution in [3.8, 4) is 11.3 Å². The Kier molecular flexibility index (Phi) is 5.47. The predicted molar refractivity (Wildman–Crippen MR) is 125 cm³/mol. The summed E-state index contributed by atoms with van der Waals surface area (Å²) in [6.07, 6.45) is 4.85. The molecule has 7 nitrogen and oxygen atoms in total. The van der Waals surface area contributed by atoms with Gasteiger partial charge in [0.05, 0.1) is 29.7 Å². The molecule has 1 aliphatic rings. The van der Waals surface area contributed by atoms with Crippen molar-refractivity contribution in [2.24, 2.45) is 0 Å². The van der Waals surface area contributed by atoms with Crippen molar-refractivity contribution in [2.45, 2.75) is 13.5 Å². The minimum Gasteiger partial charge on any atom is -0.457 e. The SMILES string of the molecule is Cc1cnc(CNC(=O)c2cccc(-c3ccc(/C=C4/C(=O)Nc5ccc(F)cc54)o3)c2)cn1. The van der Waals surface area contributed by atoms with Gasteiger partial charge in [0.1, 0.15) is 17.3 Å². The molecule has 0 spiro atoms. The topological polar surface area (TPSA) is 97.1 Å². The highest BCUT2D eigenvalue weighted by Crippen LogP contribution is 2.34. The van der Waals surface area contributed by atoms with Gasteiger partial charge in [0, 0.05) is 28.6 Å². The monoisotopic (exact) mass is 454 g/mol. The summed E-state index contributed by atoms with van der Waals surface area (Å²) in [5, 5.41) is 5.54. The Hall–Kier alpha value is -4.59. The van der Waals surface area contributed by atoms with Crippen LogP contribution in [0.1, 0.15) is 33.1 Å². The molecular formula is C26H19FN4O3.